The van der Waals surface area contributed by atoms with E-state index in [0.29, 0.717) is 12.5 Å². The first-order chi connectivity index (χ1) is 14.3. The number of ether oxygens (including phenoxy) is 3. The van der Waals surface area contributed by atoms with Gasteiger partial charge in [-0.3, -0.25) is 0 Å². The molecule has 2 aliphatic heterocycles. The van der Waals surface area contributed by atoms with Gasteiger partial charge in [0.05, 0.1) is 12.6 Å². The number of halogens is 1. The molecule has 2 N–H and O–H groups in total. The van der Waals surface area contributed by atoms with E-state index >= 15 is 0 Å². The standard InChI is InChI=1S/C23H29N3O3.HI/c1-2-24-23(25-14-17-10-11-20-21(13-17)29-16-28-20)26-15-19-9-6-12-27-22(19)18-7-4-3-5-8-18;/h3-5,7-8,10-11,13,19,22H,2,6,9,12,14-16H2,1H3,(H2,24,25,26);1H. The van der Waals surface area contributed by atoms with Crippen molar-refractivity contribution in [3.8, 4) is 11.5 Å². The number of aliphatic imine (C=N–C) groups is 1. The molecule has 0 saturated carbocycles. The second kappa shape index (κ2) is 11.4. The molecule has 1 fully saturated rings. The fourth-order valence-electron chi connectivity index (χ4n) is 3.84. The van der Waals surface area contributed by atoms with Crippen LogP contribution in [0.15, 0.2) is 53.5 Å². The number of guanidine groups is 1. The summed E-state index contributed by atoms with van der Waals surface area (Å²) in [5.41, 5.74) is 2.34. The Bertz CT molecular complexity index is 832. The molecule has 162 valence electrons. The van der Waals surface area contributed by atoms with Gasteiger partial charge in [0.25, 0.3) is 0 Å². The normalized spacial score (nSPS) is 20.4. The van der Waals surface area contributed by atoms with Crippen LogP contribution in [0.1, 0.15) is 37.0 Å². The molecular formula is C23H30IN3O3. The Labute approximate surface area is 195 Å². The van der Waals surface area contributed by atoms with Crippen molar-refractivity contribution < 1.29 is 14.2 Å². The molecule has 0 aromatic heterocycles. The van der Waals surface area contributed by atoms with E-state index in [1.807, 2.05) is 24.3 Å². The first-order valence-corrected chi connectivity index (χ1v) is 10.4. The van der Waals surface area contributed by atoms with Gasteiger partial charge >= 0.3 is 0 Å². The average Bonchev–Trinajstić information content (AvgIpc) is 3.24. The molecule has 2 aromatic carbocycles. The van der Waals surface area contributed by atoms with Crippen molar-refractivity contribution in [2.24, 2.45) is 10.9 Å². The van der Waals surface area contributed by atoms with Gasteiger partial charge in [-0.25, -0.2) is 4.99 Å². The van der Waals surface area contributed by atoms with E-state index in [9.17, 15) is 0 Å². The van der Waals surface area contributed by atoms with Gasteiger partial charge in [0.2, 0.25) is 6.79 Å². The maximum Gasteiger partial charge on any atom is 0.231 e. The van der Waals surface area contributed by atoms with Crippen molar-refractivity contribution in [2.45, 2.75) is 32.4 Å². The molecule has 30 heavy (non-hydrogen) atoms. The second-order valence-electron chi connectivity index (χ2n) is 7.37. The summed E-state index contributed by atoms with van der Waals surface area (Å²) in [5.74, 6) is 2.83. The molecule has 0 radical (unpaired) electrons. The summed E-state index contributed by atoms with van der Waals surface area (Å²) in [6.45, 7) is 5.42. The molecule has 0 amide bonds. The molecule has 1 saturated heterocycles. The molecule has 6 nitrogen and oxygen atoms in total. The van der Waals surface area contributed by atoms with Gasteiger partial charge < -0.3 is 24.8 Å². The minimum Gasteiger partial charge on any atom is -0.454 e. The minimum absolute atomic E-state index is 0. The Morgan fingerprint density at radius 3 is 2.73 bits per heavy atom. The summed E-state index contributed by atoms with van der Waals surface area (Å²) in [6.07, 6.45) is 2.38. The number of fused-ring (bicyclic) bond motifs is 1. The monoisotopic (exact) mass is 523 g/mol. The van der Waals surface area contributed by atoms with Gasteiger partial charge in [-0.15, -0.1) is 24.0 Å². The fraction of sp³-hybridized carbons (Fsp3) is 0.435. The largest absolute Gasteiger partial charge is 0.454 e. The fourth-order valence-corrected chi connectivity index (χ4v) is 3.84. The number of nitrogens with one attached hydrogen (secondary N) is 2. The number of rotatable bonds is 6. The lowest BCUT2D eigenvalue weighted by molar-refractivity contribution is -0.0265. The molecule has 2 heterocycles. The van der Waals surface area contributed by atoms with Crippen LogP contribution in [0.4, 0.5) is 0 Å². The van der Waals surface area contributed by atoms with Crippen molar-refractivity contribution in [1.82, 2.24) is 10.6 Å². The Morgan fingerprint density at radius 2 is 1.90 bits per heavy atom. The maximum atomic E-state index is 6.11. The summed E-state index contributed by atoms with van der Waals surface area (Å²) in [7, 11) is 0. The smallest absolute Gasteiger partial charge is 0.231 e. The van der Waals surface area contributed by atoms with E-state index in [1.165, 1.54) is 5.56 Å². The van der Waals surface area contributed by atoms with Crippen molar-refractivity contribution in [2.75, 3.05) is 26.5 Å². The third-order valence-corrected chi connectivity index (χ3v) is 5.31. The summed E-state index contributed by atoms with van der Waals surface area (Å²) in [6, 6.07) is 16.5. The van der Waals surface area contributed by atoms with Gasteiger partial charge in [-0.1, -0.05) is 36.4 Å². The van der Waals surface area contributed by atoms with Gasteiger partial charge in [-0.2, -0.15) is 0 Å². The molecule has 7 heteroatoms. The first-order valence-electron chi connectivity index (χ1n) is 10.4. The lowest BCUT2D eigenvalue weighted by Crippen LogP contribution is -2.42. The Kier molecular flexibility index (Phi) is 8.62. The predicted octanol–water partition coefficient (Wildman–Crippen LogP) is 4.26. The van der Waals surface area contributed by atoms with Crippen LogP contribution in [0.25, 0.3) is 0 Å². The van der Waals surface area contributed by atoms with Crippen LogP contribution in [0.3, 0.4) is 0 Å². The quantitative estimate of drug-likeness (QED) is 0.337. The average molecular weight is 523 g/mol. The maximum absolute atomic E-state index is 6.11. The van der Waals surface area contributed by atoms with E-state index in [4.69, 9.17) is 19.2 Å². The highest BCUT2D eigenvalue weighted by Gasteiger charge is 2.27. The summed E-state index contributed by atoms with van der Waals surface area (Å²) in [5, 5.41) is 6.86. The van der Waals surface area contributed by atoms with E-state index < -0.39 is 0 Å². The van der Waals surface area contributed by atoms with Crippen molar-refractivity contribution in [3.63, 3.8) is 0 Å². The zero-order valence-electron chi connectivity index (χ0n) is 17.3. The van der Waals surface area contributed by atoms with E-state index in [-0.39, 0.29) is 36.9 Å². The van der Waals surface area contributed by atoms with Crippen LogP contribution < -0.4 is 20.1 Å². The van der Waals surface area contributed by atoms with Crippen LogP contribution in [0, 0.1) is 5.92 Å². The Hall–Kier alpha value is -2.00. The Morgan fingerprint density at radius 1 is 1.07 bits per heavy atom. The number of nitrogens with zero attached hydrogens (tertiary/aromatic N) is 1. The van der Waals surface area contributed by atoms with Crippen molar-refractivity contribution >= 4 is 29.9 Å². The number of hydrogen-bond acceptors (Lipinski definition) is 4. The topological polar surface area (TPSA) is 64.1 Å². The molecule has 2 atom stereocenters. The van der Waals surface area contributed by atoms with E-state index in [0.717, 1.165) is 55.6 Å². The molecule has 2 unspecified atom stereocenters. The second-order valence-corrected chi connectivity index (χ2v) is 7.37. The summed E-state index contributed by atoms with van der Waals surface area (Å²) < 4.78 is 16.9. The molecule has 4 rings (SSSR count). The van der Waals surface area contributed by atoms with Gasteiger partial charge in [-0.05, 0) is 43.0 Å². The summed E-state index contributed by atoms with van der Waals surface area (Å²) >= 11 is 0. The molecule has 2 aliphatic rings. The minimum atomic E-state index is 0. The molecular weight excluding hydrogens is 493 g/mol. The van der Waals surface area contributed by atoms with Gasteiger partial charge in [0, 0.05) is 25.6 Å². The van der Waals surface area contributed by atoms with E-state index in [2.05, 4.69) is 41.8 Å². The molecule has 0 spiro atoms. The van der Waals surface area contributed by atoms with Crippen molar-refractivity contribution in [3.05, 3.63) is 59.7 Å². The third kappa shape index (κ3) is 5.78. The van der Waals surface area contributed by atoms with Crippen molar-refractivity contribution in [1.29, 1.82) is 0 Å². The highest BCUT2D eigenvalue weighted by molar-refractivity contribution is 14.0. The Balaban J connectivity index is 0.00000256. The lowest BCUT2D eigenvalue weighted by atomic mass is 9.89. The van der Waals surface area contributed by atoms with Crippen LogP contribution in [-0.2, 0) is 11.3 Å². The SMILES string of the molecule is CCNC(=NCc1ccc2c(c1)OCO2)NCC1CCCOC1c1ccccc1.I. The first kappa shape index (κ1) is 22.7. The van der Waals surface area contributed by atoms with Crippen LogP contribution >= 0.6 is 24.0 Å². The third-order valence-electron chi connectivity index (χ3n) is 5.31. The molecule has 2 aromatic rings. The predicted molar refractivity (Wildman–Crippen MR) is 129 cm³/mol. The van der Waals surface area contributed by atoms with Gasteiger partial charge in [0.15, 0.2) is 17.5 Å². The highest BCUT2D eigenvalue weighted by atomic mass is 127. The highest BCUT2D eigenvalue weighted by Crippen LogP contribution is 2.33. The zero-order valence-corrected chi connectivity index (χ0v) is 19.6. The van der Waals surface area contributed by atoms with Crippen LogP contribution in [0.5, 0.6) is 11.5 Å². The lowest BCUT2D eigenvalue weighted by Gasteiger charge is -2.32. The zero-order chi connectivity index (χ0) is 19.9. The number of hydrogen-bond donors (Lipinski definition) is 2. The van der Waals surface area contributed by atoms with Crippen LogP contribution in [-0.4, -0.2) is 32.4 Å². The van der Waals surface area contributed by atoms with Crippen LogP contribution in [0.2, 0.25) is 0 Å². The summed E-state index contributed by atoms with van der Waals surface area (Å²) in [4.78, 5) is 4.75. The molecule has 0 aliphatic carbocycles. The van der Waals surface area contributed by atoms with Gasteiger partial charge in [0.1, 0.15) is 0 Å². The molecule has 0 bridgehead atoms. The van der Waals surface area contributed by atoms with E-state index in [1.54, 1.807) is 0 Å². The number of benzene rings is 2.